The number of halogens is 1. The molecule has 1 aliphatic carbocycles. The van der Waals surface area contributed by atoms with Crippen LogP contribution in [-0.4, -0.2) is 33.0 Å². The van der Waals surface area contributed by atoms with E-state index in [0.717, 1.165) is 5.56 Å². The molecule has 1 aliphatic rings. The summed E-state index contributed by atoms with van der Waals surface area (Å²) in [6.07, 6.45) is 1.38. The number of rotatable bonds is 6. The first kappa shape index (κ1) is 17.9. The highest BCUT2D eigenvalue weighted by Gasteiger charge is 2.45. The van der Waals surface area contributed by atoms with Crippen molar-refractivity contribution in [1.29, 1.82) is 0 Å². The van der Waals surface area contributed by atoms with Gasteiger partial charge in [-0.3, -0.25) is 4.79 Å². The maximum Gasteiger partial charge on any atom is 0.240 e. The molecule has 1 aromatic carbocycles. The topological polar surface area (TPSA) is 101 Å². The van der Waals surface area contributed by atoms with Gasteiger partial charge in [-0.25, -0.2) is 13.1 Å². The van der Waals surface area contributed by atoms with Crippen LogP contribution in [0.25, 0.3) is 0 Å². The summed E-state index contributed by atoms with van der Waals surface area (Å²) in [4.78, 5) is 11.8. The quantitative estimate of drug-likeness (QED) is 0.652. The summed E-state index contributed by atoms with van der Waals surface area (Å²) in [5, 5.41) is 2.63. The third kappa shape index (κ3) is 4.67. The largest absolute Gasteiger partial charge is 0.353 e. The monoisotopic (exact) mass is 333 g/mol. The van der Waals surface area contributed by atoms with E-state index in [-0.39, 0.29) is 36.3 Å². The molecule has 0 unspecified atom stereocenters. The third-order valence-electron chi connectivity index (χ3n) is 3.27. The van der Waals surface area contributed by atoms with E-state index in [2.05, 4.69) is 10.0 Å². The fraction of sp³-hybridized carbons (Fsp3) is 0.462. The maximum absolute atomic E-state index is 11.9. The zero-order chi connectivity index (χ0) is 14.8. The summed E-state index contributed by atoms with van der Waals surface area (Å²) in [6, 6.07) is 6.58. The molecule has 2 rings (SSSR count). The van der Waals surface area contributed by atoms with Crippen LogP contribution in [-0.2, 0) is 14.8 Å². The van der Waals surface area contributed by atoms with E-state index in [1.807, 2.05) is 6.92 Å². The first-order chi connectivity index (χ1) is 9.33. The summed E-state index contributed by atoms with van der Waals surface area (Å²) in [6.45, 7) is 2.25. The number of carbonyl (C=O) groups excluding carboxylic acids is 1. The van der Waals surface area contributed by atoms with Crippen LogP contribution in [0.5, 0.6) is 0 Å². The number of nitrogens with one attached hydrogen (secondary N) is 2. The zero-order valence-electron chi connectivity index (χ0n) is 11.8. The predicted octanol–water partition coefficient (Wildman–Crippen LogP) is 0.303. The molecular weight excluding hydrogens is 314 g/mol. The van der Waals surface area contributed by atoms with Gasteiger partial charge < -0.3 is 11.1 Å². The molecule has 6 nitrogen and oxygen atoms in total. The van der Waals surface area contributed by atoms with Crippen LogP contribution >= 0.6 is 12.4 Å². The van der Waals surface area contributed by atoms with Gasteiger partial charge in [0.2, 0.25) is 15.9 Å². The lowest BCUT2D eigenvalue weighted by Crippen LogP contribution is -2.45. The van der Waals surface area contributed by atoms with Crippen molar-refractivity contribution in [2.24, 2.45) is 5.73 Å². The Balaban J connectivity index is 0.00000220. The Kier molecular flexibility index (Phi) is 5.75. The van der Waals surface area contributed by atoms with E-state index in [4.69, 9.17) is 5.73 Å². The number of amides is 1. The second kappa shape index (κ2) is 6.74. The molecule has 0 atom stereocenters. The molecule has 1 fully saturated rings. The van der Waals surface area contributed by atoms with Crippen LogP contribution in [0.3, 0.4) is 0 Å². The predicted molar refractivity (Wildman–Crippen MR) is 82.8 cm³/mol. The van der Waals surface area contributed by atoms with Crippen molar-refractivity contribution in [3.05, 3.63) is 29.8 Å². The summed E-state index contributed by atoms with van der Waals surface area (Å²) in [7, 11) is -3.53. The molecule has 0 heterocycles. The summed E-state index contributed by atoms with van der Waals surface area (Å²) < 4.78 is 26.3. The Morgan fingerprint density at radius 1 is 1.24 bits per heavy atom. The molecular formula is C13H20ClN3O3S. The highest BCUT2D eigenvalue weighted by atomic mass is 35.5. The SMILES string of the molecule is Cc1ccc(S(=O)(=O)NCCNC(=O)C2(N)CC2)cc1.Cl. The molecule has 1 saturated carbocycles. The second-order valence-electron chi connectivity index (χ2n) is 5.12. The smallest absolute Gasteiger partial charge is 0.240 e. The van der Waals surface area contributed by atoms with Crippen molar-refractivity contribution in [2.45, 2.75) is 30.2 Å². The van der Waals surface area contributed by atoms with Gasteiger partial charge in [-0.1, -0.05) is 17.7 Å². The lowest BCUT2D eigenvalue weighted by atomic mass is 10.2. The van der Waals surface area contributed by atoms with Gasteiger partial charge in [0.25, 0.3) is 0 Å². The Labute approximate surface area is 130 Å². The molecule has 4 N–H and O–H groups in total. The number of benzene rings is 1. The van der Waals surface area contributed by atoms with E-state index in [1.54, 1.807) is 24.3 Å². The van der Waals surface area contributed by atoms with Gasteiger partial charge in [0.1, 0.15) is 0 Å². The van der Waals surface area contributed by atoms with Crippen molar-refractivity contribution < 1.29 is 13.2 Å². The summed E-state index contributed by atoms with van der Waals surface area (Å²) in [5.74, 6) is -0.216. The highest BCUT2D eigenvalue weighted by molar-refractivity contribution is 7.89. The van der Waals surface area contributed by atoms with Crippen molar-refractivity contribution in [3.63, 3.8) is 0 Å². The van der Waals surface area contributed by atoms with Crippen LogP contribution < -0.4 is 15.8 Å². The van der Waals surface area contributed by atoms with Gasteiger partial charge in [-0.15, -0.1) is 12.4 Å². The number of nitrogens with two attached hydrogens (primary N) is 1. The zero-order valence-corrected chi connectivity index (χ0v) is 13.4. The van der Waals surface area contributed by atoms with Gasteiger partial charge in [-0.2, -0.15) is 0 Å². The normalized spacial score (nSPS) is 15.9. The van der Waals surface area contributed by atoms with Crippen molar-refractivity contribution in [3.8, 4) is 0 Å². The third-order valence-corrected chi connectivity index (χ3v) is 4.75. The number of hydrogen-bond acceptors (Lipinski definition) is 4. The molecule has 0 radical (unpaired) electrons. The molecule has 0 saturated heterocycles. The minimum absolute atomic E-state index is 0. The van der Waals surface area contributed by atoms with Crippen LogP contribution in [0.1, 0.15) is 18.4 Å². The lowest BCUT2D eigenvalue weighted by molar-refractivity contribution is -0.123. The Bertz CT molecular complexity index is 598. The lowest BCUT2D eigenvalue weighted by Gasteiger charge is -2.11. The van der Waals surface area contributed by atoms with Gasteiger partial charge in [0, 0.05) is 13.1 Å². The maximum atomic E-state index is 11.9. The molecule has 0 bridgehead atoms. The second-order valence-corrected chi connectivity index (χ2v) is 6.89. The molecule has 1 amide bonds. The molecule has 1 aromatic rings. The molecule has 118 valence electrons. The number of carbonyl (C=O) groups is 1. The minimum Gasteiger partial charge on any atom is -0.353 e. The van der Waals surface area contributed by atoms with Crippen molar-refractivity contribution in [1.82, 2.24) is 10.0 Å². The Hall–Kier alpha value is -1.15. The van der Waals surface area contributed by atoms with Gasteiger partial charge in [0.05, 0.1) is 10.4 Å². The van der Waals surface area contributed by atoms with Crippen molar-refractivity contribution in [2.75, 3.05) is 13.1 Å². The fourth-order valence-corrected chi connectivity index (χ4v) is 2.73. The van der Waals surface area contributed by atoms with Crippen LogP contribution in [0.4, 0.5) is 0 Å². The standard InChI is InChI=1S/C13H19N3O3S.ClH/c1-10-2-4-11(5-3-10)20(18,19)16-9-8-15-12(17)13(14)6-7-13;/h2-5,16H,6-9,14H2,1H3,(H,15,17);1H. The molecule has 0 aliphatic heterocycles. The van der Waals surface area contributed by atoms with Gasteiger partial charge in [0.15, 0.2) is 0 Å². The van der Waals surface area contributed by atoms with E-state index >= 15 is 0 Å². The van der Waals surface area contributed by atoms with Crippen LogP contribution in [0.15, 0.2) is 29.2 Å². The van der Waals surface area contributed by atoms with Gasteiger partial charge >= 0.3 is 0 Å². The summed E-state index contributed by atoms with van der Waals surface area (Å²) in [5.41, 5.74) is 5.98. The van der Waals surface area contributed by atoms with E-state index < -0.39 is 15.6 Å². The van der Waals surface area contributed by atoms with Crippen LogP contribution in [0.2, 0.25) is 0 Å². The average Bonchev–Trinajstić information content (AvgIpc) is 3.14. The van der Waals surface area contributed by atoms with Crippen molar-refractivity contribution >= 4 is 28.3 Å². The van der Waals surface area contributed by atoms with Crippen LogP contribution in [0, 0.1) is 6.92 Å². The Morgan fingerprint density at radius 2 is 1.81 bits per heavy atom. The number of sulfonamides is 1. The highest BCUT2D eigenvalue weighted by Crippen LogP contribution is 2.31. The van der Waals surface area contributed by atoms with E-state index in [9.17, 15) is 13.2 Å². The van der Waals surface area contributed by atoms with E-state index in [1.165, 1.54) is 0 Å². The average molecular weight is 334 g/mol. The summed E-state index contributed by atoms with van der Waals surface area (Å²) >= 11 is 0. The first-order valence-electron chi connectivity index (χ1n) is 6.47. The molecule has 0 spiro atoms. The fourth-order valence-electron chi connectivity index (χ4n) is 1.70. The minimum atomic E-state index is -3.53. The van der Waals surface area contributed by atoms with E-state index in [0.29, 0.717) is 12.8 Å². The number of hydrogen-bond donors (Lipinski definition) is 3. The molecule has 21 heavy (non-hydrogen) atoms. The molecule has 8 heteroatoms. The first-order valence-corrected chi connectivity index (χ1v) is 7.95. The Morgan fingerprint density at radius 3 is 2.33 bits per heavy atom. The van der Waals surface area contributed by atoms with Gasteiger partial charge in [-0.05, 0) is 31.9 Å². The molecule has 0 aromatic heterocycles. The number of aryl methyl sites for hydroxylation is 1.